The lowest BCUT2D eigenvalue weighted by Gasteiger charge is -2.22. The number of carbonyl (C=O) groups excluding carboxylic acids is 1. The molecule has 8 heteroatoms. The molecule has 7 nitrogen and oxygen atoms in total. The average Bonchev–Trinajstić information content (AvgIpc) is 2.98. The summed E-state index contributed by atoms with van der Waals surface area (Å²) in [7, 11) is 3.49. The van der Waals surface area contributed by atoms with Crippen molar-refractivity contribution < 1.29 is 4.79 Å². The summed E-state index contributed by atoms with van der Waals surface area (Å²) in [4.78, 5) is 27.2. The second-order valence-electron chi connectivity index (χ2n) is 6.28. The van der Waals surface area contributed by atoms with E-state index in [9.17, 15) is 4.79 Å². The van der Waals surface area contributed by atoms with Crippen molar-refractivity contribution in [1.82, 2.24) is 19.2 Å². The van der Waals surface area contributed by atoms with Crippen LogP contribution < -0.4 is 9.80 Å². The number of aromatic nitrogens is 3. The molecule has 1 amide bonds. The zero-order valence-corrected chi connectivity index (χ0v) is 15.8. The van der Waals surface area contributed by atoms with Gasteiger partial charge in [0.2, 0.25) is 5.13 Å². The van der Waals surface area contributed by atoms with Crippen LogP contribution in [0.5, 0.6) is 0 Å². The van der Waals surface area contributed by atoms with Gasteiger partial charge in [-0.25, -0.2) is 9.97 Å². The highest BCUT2D eigenvalue weighted by Crippen LogP contribution is 2.21. The van der Waals surface area contributed by atoms with Gasteiger partial charge in [-0.15, -0.1) is 0 Å². The minimum Gasteiger partial charge on any atom is -0.355 e. The summed E-state index contributed by atoms with van der Waals surface area (Å²) >= 11 is 1.48. The van der Waals surface area contributed by atoms with E-state index in [1.807, 2.05) is 12.1 Å². The van der Waals surface area contributed by atoms with Crippen LogP contribution in [0.3, 0.4) is 0 Å². The molecular formula is C17H24N6OS. The molecule has 134 valence electrons. The summed E-state index contributed by atoms with van der Waals surface area (Å²) in [6, 6.07) is 3.79. The molecule has 0 bridgehead atoms. The summed E-state index contributed by atoms with van der Waals surface area (Å²) < 4.78 is 4.39. The number of pyridine rings is 1. The van der Waals surface area contributed by atoms with Crippen LogP contribution in [-0.4, -0.2) is 65.4 Å². The van der Waals surface area contributed by atoms with Crippen molar-refractivity contribution in [1.29, 1.82) is 0 Å². The molecule has 3 rings (SSSR count). The van der Waals surface area contributed by atoms with Crippen LogP contribution in [0.15, 0.2) is 18.3 Å². The first kappa shape index (κ1) is 17.6. The molecule has 1 aliphatic heterocycles. The molecule has 0 saturated carbocycles. The summed E-state index contributed by atoms with van der Waals surface area (Å²) in [5.41, 5.74) is 0.617. The Balaban J connectivity index is 1.65. The zero-order valence-electron chi connectivity index (χ0n) is 15.0. The van der Waals surface area contributed by atoms with E-state index in [2.05, 4.69) is 31.1 Å². The van der Waals surface area contributed by atoms with Crippen molar-refractivity contribution in [2.75, 3.05) is 50.1 Å². The third-order valence-electron chi connectivity index (χ3n) is 4.27. The number of nitrogens with zero attached hydrogens (tertiary/aromatic N) is 6. The van der Waals surface area contributed by atoms with Crippen molar-refractivity contribution in [2.45, 2.75) is 19.8 Å². The number of hydrogen-bond acceptors (Lipinski definition) is 7. The van der Waals surface area contributed by atoms with E-state index in [-0.39, 0.29) is 5.91 Å². The quantitative estimate of drug-likeness (QED) is 0.830. The zero-order chi connectivity index (χ0) is 17.8. The van der Waals surface area contributed by atoms with Gasteiger partial charge in [-0.1, -0.05) is 6.92 Å². The third-order valence-corrected chi connectivity index (χ3v) is 5.08. The molecule has 0 unspecified atom stereocenters. The van der Waals surface area contributed by atoms with E-state index in [1.54, 1.807) is 25.2 Å². The van der Waals surface area contributed by atoms with Gasteiger partial charge in [0.05, 0.1) is 5.56 Å². The van der Waals surface area contributed by atoms with Crippen molar-refractivity contribution >= 4 is 28.4 Å². The van der Waals surface area contributed by atoms with Crippen LogP contribution in [0.1, 0.15) is 29.5 Å². The molecule has 1 saturated heterocycles. The second kappa shape index (κ2) is 7.77. The lowest BCUT2D eigenvalue weighted by molar-refractivity contribution is 0.0827. The standard InChI is InChI=1S/C17H24N6OS/c1-4-14-19-17(25-20-14)23-9-5-8-22(10-11-23)15-7-6-13(12-18-15)16(24)21(2)3/h6-7,12H,4-5,8-11H2,1-3H3. The molecule has 3 heterocycles. The lowest BCUT2D eigenvalue weighted by Crippen LogP contribution is -2.31. The predicted molar refractivity (Wildman–Crippen MR) is 101 cm³/mol. The normalized spacial score (nSPS) is 15.2. The molecule has 25 heavy (non-hydrogen) atoms. The van der Waals surface area contributed by atoms with Gasteiger partial charge in [0.25, 0.3) is 5.91 Å². The second-order valence-corrected chi connectivity index (χ2v) is 7.01. The van der Waals surface area contributed by atoms with E-state index in [0.717, 1.165) is 55.8 Å². The minimum atomic E-state index is -0.0240. The van der Waals surface area contributed by atoms with Gasteiger partial charge in [-0.3, -0.25) is 4.79 Å². The Morgan fingerprint density at radius 3 is 2.60 bits per heavy atom. The summed E-state index contributed by atoms with van der Waals surface area (Å²) in [5.74, 6) is 1.82. The van der Waals surface area contributed by atoms with E-state index in [1.165, 1.54) is 11.5 Å². The van der Waals surface area contributed by atoms with Crippen molar-refractivity contribution in [3.05, 3.63) is 29.7 Å². The number of amides is 1. The molecule has 0 N–H and O–H groups in total. The van der Waals surface area contributed by atoms with Gasteiger partial charge in [-0.05, 0) is 18.6 Å². The molecule has 0 radical (unpaired) electrons. The van der Waals surface area contributed by atoms with E-state index < -0.39 is 0 Å². The minimum absolute atomic E-state index is 0.0240. The molecule has 0 aliphatic carbocycles. The third kappa shape index (κ3) is 4.07. The Morgan fingerprint density at radius 2 is 1.96 bits per heavy atom. The van der Waals surface area contributed by atoms with Crippen LogP contribution in [0.2, 0.25) is 0 Å². The molecule has 0 atom stereocenters. The first-order chi connectivity index (χ1) is 12.1. The van der Waals surface area contributed by atoms with E-state index >= 15 is 0 Å². The van der Waals surface area contributed by atoms with E-state index in [0.29, 0.717) is 5.56 Å². The van der Waals surface area contributed by atoms with Gasteiger partial charge in [-0.2, -0.15) is 4.37 Å². The van der Waals surface area contributed by atoms with Crippen LogP contribution in [0.25, 0.3) is 0 Å². The molecular weight excluding hydrogens is 336 g/mol. The number of anilines is 2. The smallest absolute Gasteiger partial charge is 0.254 e. The average molecular weight is 360 g/mol. The maximum absolute atomic E-state index is 12.0. The highest BCUT2D eigenvalue weighted by Gasteiger charge is 2.19. The lowest BCUT2D eigenvalue weighted by atomic mass is 10.2. The largest absolute Gasteiger partial charge is 0.355 e. The maximum Gasteiger partial charge on any atom is 0.254 e. The van der Waals surface area contributed by atoms with Gasteiger partial charge in [0.15, 0.2) is 0 Å². The fourth-order valence-corrected chi connectivity index (χ4v) is 3.61. The molecule has 1 aliphatic rings. The summed E-state index contributed by atoms with van der Waals surface area (Å²) in [5, 5.41) is 1.01. The van der Waals surface area contributed by atoms with Crippen LogP contribution in [0, 0.1) is 0 Å². The van der Waals surface area contributed by atoms with E-state index in [4.69, 9.17) is 0 Å². The summed E-state index contributed by atoms with van der Waals surface area (Å²) in [6.45, 7) is 5.79. The molecule has 2 aromatic heterocycles. The molecule has 0 aromatic carbocycles. The summed E-state index contributed by atoms with van der Waals surface area (Å²) in [6.07, 6.45) is 3.58. The van der Waals surface area contributed by atoms with Crippen molar-refractivity contribution in [3.63, 3.8) is 0 Å². The SMILES string of the molecule is CCc1nsc(N2CCCN(c3ccc(C(=O)N(C)C)cn3)CC2)n1. The van der Waals surface area contributed by atoms with Gasteiger partial charge < -0.3 is 14.7 Å². The number of carbonyl (C=O) groups is 1. The van der Waals surface area contributed by atoms with Gasteiger partial charge in [0, 0.05) is 64.4 Å². The Kier molecular flexibility index (Phi) is 5.47. The monoisotopic (exact) mass is 360 g/mol. The van der Waals surface area contributed by atoms with Gasteiger partial charge in [0.1, 0.15) is 11.6 Å². The first-order valence-electron chi connectivity index (χ1n) is 8.58. The highest BCUT2D eigenvalue weighted by molar-refractivity contribution is 7.09. The Morgan fingerprint density at radius 1 is 1.20 bits per heavy atom. The Hall–Kier alpha value is -2.22. The van der Waals surface area contributed by atoms with Gasteiger partial charge >= 0.3 is 0 Å². The molecule has 1 fully saturated rings. The number of hydrogen-bond donors (Lipinski definition) is 0. The molecule has 2 aromatic rings. The number of rotatable bonds is 4. The van der Waals surface area contributed by atoms with Crippen LogP contribution >= 0.6 is 11.5 Å². The fourth-order valence-electron chi connectivity index (χ4n) is 2.81. The van der Waals surface area contributed by atoms with Crippen LogP contribution in [0.4, 0.5) is 10.9 Å². The maximum atomic E-state index is 12.0. The molecule has 0 spiro atoms. The van der Waals surface area contributed by atoms with Crippen molar-refractivity contribution in [2.24, 2.45) is 0 Å². The van der Waals surface area contributed by atoms with Crippen LogP contribution in [-0.2, 0) is 6.42 Å². The highest BCUT2D eigenvalue weighted by atomic mass is 32.1. The fraction of sp³-hybridized carbons (Fsp3) is 0.529. The Bertz CT molecular complexity index is 714. The predicted octanol–water partition coefficient (Wildman–Crippen LogP) is 1.91. The number of aryl methyl sites for hydroxylation is 1. The Labute approximate surface area is 152 Å². The first-order valence-corrected chi connectivity index (χ1v) is 9.36. The topological polar surface area (TPSA) is 65.5 Å². The van der Waals surface area contributed by atoms with Crippen molar-refractivity contribution in [3.8, 4) is 0 Å².